The summed E-state index contributed by atoms with van der Waals surface area (Å²) in [5, 5.41) is 0. The van der Waals surface area contributed by atoms with Crippen molar-refractivity contribution in [3.63, 3.8) is 0 Å². The minimum absolute atomic E-state index is 0.418. The third-order valence-corrected chi connectivity index (χ3v) is 3.03. The standard InChI is InChI=1S/C10H6O8S4/c11-7(15-19)3-1-4(8(12)16-20)6(10(14)18-22)2-5(3)9(13)17-21/h1-2,19-22H. The molecule has 0 aromatic heterocycles. The van der Waals surface area contributed by atoms with Crippen LogP contribution in [0.5, 0.6) is 0 Å². The SMILES string of the molecule is O=C(OS)c1cc(C(=O)OS)c(C(=O)OS)cc1C(=O)OS. The van der Waals surface area contributed by atoms with Crippen LogP contribution in [0.15, 0.2) is 12.1 Å². The monoisotopic (exact) mass is 382 g/mol. The van der Waals surface area contributed by atoms with Crippen molar-refractivity contribution in [3.8, 4) is 0 Å². The van der Waals surface area contributed by atoms with Crippen molar-refractivity contribution in [2.75, 3.05) is 0 Å². The third kappa shape index (κ3) is 3.82. The summed E-state index contributed by atoms with van der Waals surface area (Å²) >= 11 is 13.2. The highest BCUT2D eigenvalue weighted by molar-refractivity contribution is 7.76. The van der Waals surface area contributed by atoms with Crippen molar-refractivity contribution in [1.29, 1.82) is 0 Å². The summed E-state index contributed by atoms with van der Waals surface area (Å²) in [7, 11) is 0. The number of carbonyl (C=O) groups is 4. The fourth-order valence-electron chi connectivity index (χ4n) is 1.47. The van der Waals surface area contributed by atoms with E-state index in [2.05, 4.69) is 68.4 Å². The van der Waals surface area contributed by atoms with Crippen LogP contribution in [0, 0.1) is 0 Å². The van der Waals surface area contributed by atoms with E-state index in [-0.39, 0.29) is 0 Å². The van der Waals surface area contributed by atoms with Gasteiger partial charge in [0.2, 0.25) is 0 Å². The lowest BCUT2D eigenvalue weighted by Crippen LogP contribution is -2.17. The van der Waals surface area contributed by atoms with Crippen molar-refractivity contribution in [2.24, 2.45) is 0 Å². The van der Waals surface area contributed by atoms with E-state index in [1.165, 1.54) is 0 Å². The second-order valence-electron chi connectivity index (χ2n) is 3.46. The molecule has 0 bridgehead atoms. The normalized spacial score (nSPS) is 9.64. The molecule has 0 aliphatic carbocycles. The van der Waals surface area contributed by atoms with E-state index in [9.17, 15) is 19.2 Å². The zero-order valence-corrected chi connectivity index (χ0v) is 13.8. The Hall–Kier alpha value is -1.50. The third-order valence-electron chi connectivity index (χ3n) is 2.37. The molecule has 0 atom stereocenters. The van der Waals surface area contributed by atoms with Crippen LogP contribution in [0.1, 0.15) is 41.4 Å². The molecule has 0 spiro atoms. The molecule has 0 N–H and O–H groups in total. The molecule has 118 valence electrons. The van der Waals surface area contributed by atoms with Gasteiger partial charge in [-0.15, -0.1) is 0 Å². The summed E-state index contributed by atoms with van der Waals surface area (Å²) in [4.78, 5) is 46.5. The number of carbonyl (C=O) groups excluding carboxylic acids is 4. The fraction of sp³-hybridized carbons (Fsp3) is 0. The molecule has 0 aliphatic rings. The Kier molecular flexibility index (Phi) is 6.93. The molecule has 0 fully saturated rings. The molecule has 0 saturated carbocycles. The van der Waals surface area contributed by atoms with Gasteiger partial charge >= 0.3 is 23.9 Å². The van der Waals surface area contributed by atoms with Crippen molar-refractivity contribution in [1.82, 2.24) is 0 Å². The summed E-state index contributed by atoms with van der Waals surface area (Å²) in [6, 6.07) is 1.72. The quantitative estimate of drug-likeness (QED) is 0.354. The Morgan fingerprint density at radius 1 is 0.545 bits per heavy atom. The van der Waals surface area contributed by atoms with Crippen LogP contribution in [0.3, 0.4) is 0 Å². The van der Waals surface area contributed by atoms with Crippen LogP contribution < -0.4 is 0 Å². The Bertz CT molecular complexity index is 538. The molecule has 0 heterocycles. The lowest BCUT2D eigenvalue weighted by molar-refractivity contribution is 0.0716. The molecule has 0 amide bonds. The summed E-state index contributed by atoms with van der Waals surface area (Å²) in [6.07, 6.45) is 0. The van der Waals surface area contributed by atoms with Crippen LogP contribution in [0.4, 0.5) is 0 Å². The Morgan fingerprint density at radius 2 is 0.727 bits per heavy atom. The average Bonchev–Trinajstić information content (AvgIpc) is 2.57. The van der Waals surface area contributed by atoms with Crippen LogP contribution in [-0.4, -0.2) is 23.9 Å². The van der Waals surface area contributed by atoms with Crippen molar-refractivity contribution < 1.29 is 35.9 Å². The molecule has 1 aromatic rings. The molecule has 22 heavy (non-hydrogen) atoms. The largest absolute Gasteiger partial charge is 0.391 e. The smallest absolute Gasteiger partial charge is 0.350 e. The minimum Gasteiger partial charge on any atom is -0.391 e. The summed E-state index contributed by atoms with van der Waals surface area (Å²) in [5.74, 6) is -4.35. The summed E-state index contributed by atoms with van der Waals surface area (Å²) in [6.45, 7) is 0. The first-order valence-electron chi connectivity index (χ1n) is 5.02. The highest BCUT2D eigenvalue weighted by Crippen LogP contribution is 2.22. The van der Waals surface area contributed by atoms with E-state index in [1.54, 1.807) is 0 Å². The molecule has 1 aromatic carbocycles. The zero-order chi connectivity index (χ0) is 16.9. The Morgan fingerprint density at radius 3 is 0.864 bits per heavy atom. The first kappa shape index (κ1) is 18.5. The topological polar surface area (TPSA) is 105 Å². The number of benzene rings is 1. The number of hydrogen-bond donors (Lipinski definition) is 4. The van der Waals surface area contributed by atoms with Gasteiger partial charge in [0.05, 0.1) is 22.3 Å². The zero-order valence-electron chi connectivity index (χ0n) is 10.2. The van der Waals surface area contributed by atoms with Gasteiger partial charge in [0.25, 0.3) is 0 Å². The van der Waals surface area contributed by atoms with Gasteiger partial charge in [0.15, 0.2) is 0 Å². The summed E-state index contributed by atoms with van der Waals surface area (Å²) < 4.78 is 16.7. The molecule has 12 heteroatoms. The lowest BCUT2D eigenvalue weighted by Gasteiger charge is -2.10. The van der Waals surface area contributed by atoms with Gasteiger partial charge in [-0.2, -0.15) is 0 Å². The molecular formula is C10H6O8S4. The summed E-state index contributed by atoms with van der Waals surface area (Å²) in [5.41, 5.74) is -1.67. The number of hydrogen-bond acceptors (Lipinski definition) is 12. The molecule has 0 saturated heterocycles. The van der Waals surface area contributed by atoms with E-state index >= 15 is 0 Å². The van der Waals surface area contributed by atoms with Crippen LogP contribution in [0.2, 0.25) is 0 Å². The van der Waals surface area contributed by atoms with Crippen LogP contribution in [0.25, 0.3) is 0 Å². The average molecular weight is 382 g/mol. The molecule has 8 nitrogen and oxygen atoms in total. The Labute approximate surface area is 145 Å². The molecular weight excluding hydrogens is 376 g/mol. The van der Waals surface area contributed by atoms with Crippen LogP contribution >= 0.6 is 51.6 Å². The van der Waals surface area contributed by atoms with E-state index in [0.717, 1.165) is 12.1 Å². The van der Waals surface area contributed by atoms with E-state index < -0.39 is 46.1 Å². The second-order valence-corrected chi connectivity index (χ2v) is 4.19. The van der Waals surface area contributed by atoms with Crippen molar-refractivity contribution in [2.45, 2.75) is 0 Å². The predicted molar refractivity (Wildman–Crippen MR) is 84.0 cm³/mol. The predicted octanol–water partition coefficient (Wildman–Crippen LogP) is 1.69. The Balaban J connectivity index is 3.70. The van der Waals surface area contributed by atoms with E-state index in [1.807, 2.05) is 0 Å². The maximum absolute atomic E-state index is 11.6. The maximum Gasteiger partial charge on any atom is 0.350 e. The molecule has 1 rings (SSSR count). The number of rotatable bonds is 4. The first-order valence-corrected chi connectivity index (χ1v) is 6.48. The van der Waals surface area contributed by atoms with Gasteiger partial charge in [-0.1, -0.05) is 0 Å². The van der Waals surface area contributed by atoms with Gasteiger partial charge in [-0.3, -0.25) is 0 Å². The molecule has 0 unspecified atom stereocenters. The lowest BCUT2D eigenvalue weighted by atomic mass is 9.98. The fourth-order valence-corrected chi connectivity index (χ4v) is 1.87. The maximum atomic E-state index is 11.6. The number of thiol groups is 4. The van der Waals surface area contributed by atoms with Gasteiger partial charge in [-0.05, 0) is 12.1 Å². The van der Waals surface area contributed by atoms with E-state index in [4.69, 9.17) is 0 Å². The van der Waals surface area contributed by atoms with Crippen LogP contribution in [-0.2, 0) is 16.7 Å². The second kappa shape index (κ2) is 8.22. The van der Waals surface area contributed by atoms with Crippen molar-refractivity contribution in [3.05, 3.63) is 34.4 Å². The first-order chi connectivity index (χ1) is 10.4. The molecule has 0 radical (unpaired) electrons. The van der Waals surface area contributed by atoms with Gasteiger partial charge in [0.1, 0.15) is 0 Å². The van der Waals surface area contributed by atoms with Crippen molar-refractivity contribution >= 4 is 75.5 Å². The highest BCUT2D eigenvalue weighted by atomic mass is 32.1. The molecule has 0 aliphatic heterocycles. The minimum atomic E-state index is -1.09. The van der Waals surface area contributed by atoms with E-state index in [0.29, 0.717) is 0 Å². The van der Waals surface area contributed by atoms with Gasteiger partial charge in [0, 0.05) is 51.6 Å². The van der Waals surface area contributed by atoms with Gasteiger partial charge < -0.3 is 16.7 Å². The highest BCUT2D eigenvalue weighted by Gasteiger charge is 2.28. The van der Waals surface area contributed by atoms with Gasteiger partial charge in [-0.25, -0.2) is 19.2 Å².